The fraction of sp³-hybridized carbons (Fsp3) is 0.500. The zero-order valence-corrected chi connectivity index (χ0v) is 11.1. The summed E-state index contributed by atoms with van der Waals surface area (Å²) in [6.07, 6.45) is 0.406. The zero-order chi connectivity index (χ0) is 13.4. The summed E-state index contributed by atoms with van der Waals surface area (Å²) in [7, 11) is 0. The van der Waals surface area contributed by atoms with Crippen molar-refractivity contribution in [3.63, 3.8) is 0 Å². The van der Waals surface area contributed by atoms with Crippen LogP contribution in [0.2, 0.25) is 0 Å². The summed E-state index contributed by atoms with van der Waals surface area (Å²) < 4.78 is 14.5. The minimum Gasteiger partial charge on any atom is -0.370 e. The van der Waals surface area contributed by atoms with Gasteiger partial charge in [-0.1, -0.05) is 30.3 Å². The molecular formula is C14H20FN3. The maximum atomic E-state index is 14.5. The summed E-state index contributed by atoms with van der Waals surface area (Å²) in [6, 6.07) is 8.78. The van der Waals surface area contributed by atoms with Gasteiger partial charge < -0.3 is 11.1 Å². The van der Waals surface area contributed by atoms with Gasteiger partial charge in [-0.05, 0) is 26.3 Å². The summed E-state index contributed by atoms with van der Waals surface area (Å²) in [5.41, 5.74) is 4.95. The van der Waals surface area contributed by atoms with E-state index in [2.05, 4.69) is 10.3 Å². The maximum Gasteiger partial charge on any atom is 0.189 e. The highest BCUT2D eigenvalue weighted by molar-refractivity contribution is 5.79. The van der Waals surface area contributed by atoms with Gasteiger partial charge in [0, 0.05) is 12.0 Å². The molecule has 0 heterocycles. The standard InChI is InChI=1S/C14H20FN3/c1-13(2,3)18-12(16)17-11-9-14(11,15)10-7-5-4-6-8-10/h4-8,11H,9H2,1-3H3,(H3,16,17,18). The molecule has 1 aromatic rings. The van der Waals surface area contributed by atoms with Gasteiger partial charge in [0.25, 0.3) is 0 Å². The minimum absolute atomic E-state index is 0.159. The fourth-order valence-electron chi connectivity index (χ4n) is 1.98. The van der Waals surface area contributed by atoms with Crippen LogP contribution >= 0.6 is 0 Å². The van der Waals surface area contributed by atoms with Crippen LogP contribution in [-0.2, 0) is 5.67 Å². The molecule has 2 rings (SSSR count). The number of nitrogens with two attached hydrogens (primary N) is 1. The highest BCUT2D eigenvalue weighted by Gasteiger charge is 2.57. The SMILES string of the molecule is CC(C)(C)NC(N)=NC1CC1(F)c1ccccc1. The molecule has 1 fully saturated rings. The lowest BCUT2D eigenvalue weighted by atomic mass is 10.1. The third-order valence-corrected chi connectivity index (χ3v) is 2.91. The molecule has 3 N–H and O–H groups in total. The van der Waals surface area contributed by atoms with Crippen LogP contribution in [-0.4, -0.2) is 17.5 Å². The second-order valence-corrected chi connectivity index (χ2v) is 5.84. The molecule has 0 saturated heterocycles. The monoisotopic (exact) mass is 249 g/mol. The molecule has 98 valence electrons. The molecule has 0 aliphatic heterocycles. The van der Waals surface area contributed by atoms with E-state index in [0.29, 0.717) is 17.9 Å². The van der Waals surface area contributed by atoms with Crippen LogP contribution in [0.25, 0.3) is 0 Å². The van der Waals surface area contributed by atoms with E-state index in [1.807, 2.05) is 39.0 Å². The lowest BCUT2D eigenvalue weighted by Gasteiger charge is -2.21. The average Bonchev–Trinajstić information content (AvgIpc) is 2.89. The van der Waals surface area contributed by atoms with Gasteiger partial charge in [0.1, 0.15) is 0 Å². The maximum absolute atomic E-state index is 14.5. The molecule has 2 atom stereocenters. The van der Waals surface area contributed by atoms with Gasteiger partial charge in [0.2, 0.25) is 0 Å². The molecule has 18 heavy (non-hydrogen) atoms. The Kier molecular flexibility index (Phi) is 3.05. The normalized spacial score (nSPS) is 28.0. The van der Waals surface area contributed by atoms with Gasteiger partial charge in [-0.2, -0.15) is 0 Å². The third-order valence-electron chi connectivity index (χ3n) is 2.91. The van der Waals surface area contributed by atoms with Gasteiger partial charge in [-0.15, -0.1) is 0 Å². The summed E-state index contributed by atoms with van der Waals surface area (Å²) in [5, 5.41) is 3.04. The Morgan fingerprint density at radius 2 is 2.00 bits per heavy atom. The van der Waals surface area contributed by atoms with Gasteiger partial charge in [-0.25, -0.2) is 9.38 Å². The number of hydrogen-bond acceptors (Lipinski definition) is 1. The van der Waals surface area contributed by atoms with E-state index in [-0.39, 0.29) is 11.6 Å². The Balaban J connectivity index is 2.05. The van der Waals surface area contributed by atoms with Gasteiger partial charge in [0.05, 0.1) is 6.04 Å². The number of guanidine groups is 1. The molecule has 2 unspecified atom stereocenters. The number of aliphatic imine (C=N–C) groups is 1. The highest BCUT2D eigenvalue weighted by Crippen LogP contribution is 2.51. The first-order chi connectivity index (χ1) is 8.31. The largest absolute Gasteiger partial charge is 0.370 e. The van der Waals surface area contributed by atoms with Gasteiger partial charge in [-0.3, -0.25) is 0 Å². The lowest BCUT2D eigenvalue weighted by Crippen LogP contribution is -2.45. The van der Waals surface area contributed by atoms with Crippen molar-refractivity contribution in [1.29, 1.82) is 0 Å². The Bertz CT molecular complexity index is 450. The molecule has 0 amide bonds. The van der Waals surface area contributed by atoms with Gasteiger partial charge in [0.15, 0.2) is 11.6 Å². The van der Waals surface area contributed by atoms with Crippen molar-refractivity contribution < 1.29 is 4.39 Å². The Morgan fingerprint density at radius 1 is 1.39 bits per heavy atom. The first-order valence-corrected chi connectivity index (χ1v) is 6.17. The van der Waals surface area contributed by atoms with E-state index in [4.69, 9.17) is 5.73 Å². The molecular weight excluding hydrogens is 229 g/mol. The summed E-state index contributed by atoms with van der Waals surface area (Å²) in [5.74, 6) is 0.308. The lowest BCUT2D eigenvalue weighted by molar-refractivity contribution is 0.306. The molecule has 0 bridgehead atoms. The van der Waals surface area contributed by atoms with Crippen molar-refractivity contribution >= 4 is 5.96 Å². The number of alkyl halides is 1. The van der Waals surface area contributed by atoms with E-state index in [9.17, 15) is 4.39 Å². The molecule has 0 aromatic heterocycles. The van der Waals surface area contributed by atoms with E-state index in [1.54, 1.807) is 12.1 Å². The molecule has 0 spiro atoms. The van der Waals surface area contributed by atoms with Crippen LogP contribution in [0.4, 0.5) is 4.39 Å². The topological polar surface area (TPSA) is 50.4 Å². The third kappa shape index (κ3) is 2.81. The van der Waals surface area contributed by atoms with Crippen LogP contribution in [0.15, 0.2) is 35.3 Å². The fourth-order valence-corrected chi connectivity index (χ4v) is 1.98. The van der Waals surface area contributed by atoms with Crippen molar-refractivity contribution in [2.45, 2.75) is 44.4 Å². The predicted molar refractivity (Wildman–Crippen MR) is 72.1 cm³/mol. The quantitative estimate of drug-likeness (QED) is 0.624. The number of benzene rings is 1. The van der Waals surface area contributed by atoms with Crippen LogP contribution in [0.1, 0.15) is 32.8 Å². The number of hydrogen-bond donors (Lipinski definition) is 2. The van der Waals surface area contributed by atoms with Crippen molar-refractivity contribution in [2.24, 2.45) is 10.7 Å². The number of nitrogens with zero attached hydrogens (tertiary/aromatic N) is 1. The number of nitrogens with one attached hydrogen (secondary N) is 1. The number of halogens is 1. The minimum atomic E-state index is -1.34. The van der Waals surface area contributed by atoms with Crippen LogP contribution in [0.3, 0.4) is 0 Å². The first-order valence-electron chi connectivity index (χ1n) is 6.17. The van der Waals surface area contributed by atoms with Crippen molar-refractivity contribution in [2.75, 3.05) is 0 Å². The highest BCUT2D eigenvalue weighted by atomic mass is 19.1. The molecule has 3 nitrogen and oxygen atoms in total. The van der Waals surface area contributed by atoms with Crippen molar-refractivity contribution in [3.8, 4) is 0 Å². The zero-order valence-electron chi connectivity index (χ0n) is 11.1. The van der Waals surface area contributed by atoms with Crippen LogP contribution in [0.5, 0.6) is 0 Å². The molecule has 1 aliphatic carbocycles. The van der Waals surface area contributed by atoms with Crippen molar-refractivity contribution in [1.82, 2.24) is 5.32 Å². The molecule has 1 aromatic carbocycles. The molecule has 4 heteroatoms. The van der Waals surface area contributed by atoms with E-state index >= 15 is 0 Å². The molecule has 1 aliphatic rings. The smallest absolute Gasteiger partial charge is 0.189 e. The van der Waals surface area contributed by atoms with Gasteiger partial charge >= 0.3 is 0 Å². The van der Waals surface area contributed by atoms with Crippen LogP contribution < -0.4 is 11.1 Å². The van der Waals surface area contributed by atoms with Crippen molar-refractivity contribution in [3.05, 3.63) is 35.9 Å². The summed E-state index contributed by atoms with van der Waals surface area (Å²) >= 11 is 0. The Labute approximate surface area is 107 Å². The predicted octanol–water partition coefficient (Wildman–Crippen LogP) is 2.33. The summed E-state index contributed by atoms with van der Waals surface area (Å²) in [6.45, 7) is 5.96. The Morgan fingerprint density at radius 3 is 2.56 bits per heavy atom. The summed E-state index contributed by atoms with van der Waals surface area (Å²) in [4.78, 5) is 4.21. The Hall–Kier alpha value is -1.58. The van der Waals surface area contributed by atoms with E-state index in [0.717, 1.165) is 0 Å². The molecule has 0 radical (unpaired) electrons. The molecule has 1 saturated carbocycles. The number of rotatable bonds is 2. The second kappa shape index (κ2) is 4.26. The first kappa shape index (κ1) is 12.9. The van der Waals surface area contributed by atoms with E-state index < -0.39 is 5.67 Å². The van der Waals surface area contributed by atoms with Crippen LogP contribution in [0, 0.1) is 0 Å². The van der Waals surface area contributed by atoms with E-state index in [1.165, 1.54) is 0 Å². The second-order valence-electron chi connectivity index (χ2n) is 5.84. The average molecular weight is 249 g/mol.